The molecular formula is C21H27NO2. The van der Waals surface area contributed by atoms with Gasteiger partial charge in [-0.2, -0.15) is 0 Å². The molecule has 0 heterocycles. The largest absolute Gasteiger partial charge is 0.378 e. The number of aliphatic hydroxyl groups is 1. The van der Waals surface area contributed by atoms with Gasteiger partial charge in [0.15, 0.2) is 0 Å². The van der Waals surface area contributed by atoms with Crippen LogP contribution >= 0.6 is 0 Å². The third-order valence-corrected chi connectivity index (χ3v) is 5.36. The molecule has 1 amide bonds. The van der Waals surface area contributed by atoms with Gasteiger partial charge in [-0.3, -0.25) is 4.79 Å². The molecule has 1 atom stereocenters. The molecule has 2 saturated carbocycles. The minimum Gasteiger partial charge on any atom is -0.378 e. The quantitative estimate of drug-likeness (QED) is 0.781. The van der Waals surface area contributed by atoms with Crippen LogP contribution in [-0.4, -0.2) is 22.7 Å². The molecular weight excluding hydrogens is 298 g/mol. The number of carbonyl (C=O) groups is 1. The van der Waals surface area contributed by atoms with Gasteiger partial charge in [0.2, 0.25) is 5.91 Å². The number of rotatable bonds is 3. The molecule has 2 N–H and O–H groups in total. The van der Waals surface area contributed by atoms with Gasteiger partial charge in [0.05, 0.1) is 0 Å². The standard InChI is InChI=1S/C21H27NO2/c1-2-17-10-8-16(12-15-21(24)13-3-4-14-21)9-11-19(17)20(23)22-18-6-5-7-18/h8-11,17-18,24H,2-7,13-14H2,1H3,(H,22,23). The maximum atomic E-state index is 12.5. The Kier molecular flexibility index (Phi) is 5.26. The lowest BCUT2D eigenvalue weighted by Gasteiger charge is -2.27. The molecule has 3 rings (SSSR count). The highest BCUT2D eigenvalue weighted by Gasteiger charge is 2.28. The Bertz CT molecular complexity index is 634. The first-order valence-electron chi connectivity index (χ1n) is 9.26. The Balaban J connectivity index is 1.75. The molecule has 3 nitrogen and oxygen atoms in total. The van der Waals surface area contributed by atoms with E-state index in [1.54, 1.807) is 0 Å². The number of nitrogens with one attached hydrogen (secondary N) is 1. The number of allylic oxidation sites excluding steroid dienone is 5. The van der Waals surface area contributed by atoms with Crippen LogP contribution in [0.25, 0.3) is 0 Å². The minimum absolute atomic E-state index is 0.0519. The maximum absolute atomic E-state index is 12.5. The van der Waals surface area contributed by atoms with Gasteiger partial charge in [-0.15, -0.1) is 0 Å². The Hall–Kier alpha value is -1.79. The van der Waals surface area contributed by atoms with Crippen molar-refractivity contribution >= 4 is 5.91 Å². The summed E-state index contributed by atoms with van der Waals surface area (Å²) in [7, 11) is 0. The van der Waals surface area contributed by atoms with Crippen LogP contribution in [0, 0.1) is 17.8 Å². The van der Waals surface area contributed by atoms with Crippen LogP contribution in [0.2, 0.25) is 0 Å². The lowest BCUT2D eigenvalue weighted by Crippen LogP contribution is -2.41. The summed E-state index contributed by atoms with van der Waals surface area (Å²) >= 11 is 0. The van der Waals surface area contributed by atoms with E-state index in [2.05, 4.69) is 30.2 Å². The van der Waals surface area contributed by atoms with Crippen LogP contribution in [0.15, 0.2) is 35.5 Å². The zero-order valence-corrected chi connectivity index (χ0v) is 14.5. The summed E-state index contributed by atoms with van der Waals surface area (Å²) in [5, 5.41) is 13.5. The molecule has 0 bridgehead atoms. The summed E-state index contributed by atoms with van der Waals surface area (Å²) in [4.78, 5) is 12.5. The smallest absolute Gasteiger partial charge is 0.248 e. The second-order valence-electron chi connectivity index (χ2n) is 7.21. The van der Waals surface area contributed by atoms with Gasteiger partial charge in [0.1, 0.15) is 5.60 Å². The van der Waals surface area contributed by atoms with E-state index < -0.39 is 5.60 Å². The molecule has 3 aliphatic carbocycles. The molecule has 24 heavy (non-hydrogen) atoms. The van der Waals surface area contributed by atoms with Crippen molar-refractivity contribution in [2.45, 2.75) is 69.9 Å². The molecule has 3 heteroatoms. The van der Waals surface area contributed by atoms with E-state index in [-0.39, 0.29) is 11.8 Å². The van der Waals surface area contributed by atoms with Crippen LogP contribution in [-0.2, 0) is 4.79 Å². The molecule has 0 radical (unpaired) electrons. The lowest BCUT2D eigenvalue weighted by molar-refractivity contribution is -0.119. The summed E-state index contributed by atoms with van der Waals surface area (Å²) in [6.45, 7) is 2.09. The molecule has 3 aliphatic rings. The summed E-state index contributed by atoms with van der Waals surface area (Å²) in [6.07, 6.45) is 15.8. The maximum Gasteiger partial charge on any atom is 0.248 e. The van der Waals surface area contributed by atoms with Crippen LogP contribution < -0.4 is 5.32 Å². The summed E-state index contributed by atoms with van der Waals surface area (Å²) in [6, 6.07) is 0.350. The molecule has 0 aromatic rings. The Morgan fingerprint density at radius 2 is 2.04 bits per heavy atom. The molecule has 128 valence electrons. The first-order valence-corrected chi connectivity index (χ1v) is 9.26. The van der Waals surface area contributed by atoms with Gasteiger partial charge in [-0.25, -0.2) is 0 Å². The van der Waals surface area contributed by atoms with Crippen molar-refractivity contribution in [2.75, 3.05) is 0 Å². The van der Waals surface area contributed by atoms with Crippen molar-refractivity contribution in [1.82, 2.24) is 5.32 Å². The summed E-state index contributed by atoms with van der Waals surface area (Å²) in [5.41, 5.74) is 0.858. The second kappa shape index (κ2) is 7.40. The third-order valence-electron chi connectivity index (χ3n) is 5.36. The highest BCUT2D eigenvalue weighted by molar-refractivity contribution is 5.95. The third kappa shape index (κ3) is 3.99. The zero-order valence-electron chi connectivity index (χ0n) is 14.5. The SMILES string of the molecule is CCC1C=CC(C#CC2(O)CCCC2)=CC=C1C(=O)NC1CCC1. The van der Waals surface area contributed by atoms with Gasteiger partial charge in [0, 0.05) is 23.1 Å². The molecule has 1 unspecified atom stereocenters. The molecule has 2 fully saturated rings. The molecule has 0 saturated heterocycles. The number of hydrogen-bond donors (Lipinski definition) is 2. The fourth-order valence-corrected chi connectivity index (χ4v) is 3.46. The van der Waals surface area contributed by atoms with Gasteiger partial charge >= 0.3 is 0 Å². The average molecular weight is 325 g/mol. The van der Waals surface area contributed by atoms with E-state index in [9.17, 15) is 9.90 Å². The van der Waals surface area contributed by atoms with Gasteiger partial charge < -0.3 is 10.4 Å². The van der Waals surface area contributed by atoms with Gasteiger partial charge in [0.25, 0.3) is 0 Å². The normalized spacial score (nSPS) is 25.7. The van der Waals surface area contributed by atoms with E-state index in [1.165, 1.54) is 6.42 Å². The number of amides is 1. The van der Waals surface area contributed by atoms with E-state index >= 15 is 0 Å². The number of carbonyl (C=O) groups excluding carboxylic acids is 1. The summed E-state index contributed by atoms with van der Waals surface area (Å²) < 4.78 is 0. The lowest BCUT2D eigenvalue weighted by atomic mass is 9.91. The molecule has 0 aliphatic heterocycles. The fourth-order valence-electron chi connectivity index (χ4n) is 3.46. The van der Waals surface area contributed by atoms with Crippen molar-refractivity contribution in [3.63, 3.8) is 0 Å². The van der Waals surface area contributed by atoms with Crippen LogP contribution in [0.5, 0.6) is 0 Å². The Labute approximate surface area is 144 Å². The average Bonchev–Trinajstić information content (AvgIpc) is 2.86. The number of hydrogen-bond acceptors (Lipinski definition) is 2. The van der Waals surface area contributed by atoms with E-state index in [4.69, 9.17) is 0 Å². The highest BCUT2D eigenvalue weighted by atomic mass is 16.3. The molecule has 0 spiro atoms. The summed E-state index contributed by atoms with van der Waals surface area (Å²) in [5.74, 6) is 6.32. The van der Waals surface area contributed by atoms with Gasteiger partial charge in [-0.05, 0) is 63.5 Å². The van der Waals surface area contributed by atoms with E-state index in [0.717, 1.165) is 56.1 Å². The monoisotopic (exact) mass is 325 g/mol. The van der Waals surface area contributed by atoms with Crippen molar-refractivity contribution in [3.05, 3.63) is 35.5 Å². The second-order valence-corrected chi connectivity index (χ2v) is 7.21. The Morgan fingerprint density at radius 3 is 2.67 bits per heavy atom. The topological polar surface area (TPSA) is 49.3 Å². The van der Waals surface area contributed by atoms with Crippen LogP contribution in [0.4, 0.5) is 0 Å². The Morgan fingerprint density at radius 1 is 1.29 bits per heavy atom. The van der Waals surface area contributed by atoms with Crippen molar-refractivity contribution < 1.29 is 9.90 Å². The fraction of sp³-hybridized carbons (Fsp3) is 0.571. The van der Waals surface area contributed by atoms with Gasteiger partial charge in [-0.1, -0.05) is 30.9 Å². The van der Waals surface area contributed by atoms with E-state index in [0.29, 0.717) is 6.04 Å². The van der Waals surface area contributed by atoms with Crippen LogP contribution in [0.1, 0.15) is 58.3 Å². The molecule has 0 aromatic carbocycles. The molecule has 0 aromatic heterocycles. The van der Waals surface area contributed by atoms with E-state index in [1.807, 2.05) is 18.2 Å². The predicted molar refractivity (Wildman–Crippen MR) is 96.1 cm³/mol. The highest BCUT2D eigenvalue weighted by Crippen LogP contribution is 2.29. The van der Waals surface area contributed by atoms with Crippen molar-refractivity contribution in [2.24, 2.45) is 5.92 Å². The predicted octanol–water partition coefficient (Wildman–Crippen LogP) is 3.41. The zero-order chi connectivity index (χ0) is 17.0. The van der Waals surface area contributed by atoms with Crippen LogP contribution in [0.3, 0.4) is 0 Å². The van der Waals surface area contributed by atoms with Crippen molar-refractivity contribution in [1.29, 1.82) is 0 Å². The van der Waals surface area contributed by atoms with Crippen molar-refractivity contribution in [3.8, 4) is 11.8 Å². The minimum atomic E-state index is -0.820. The first-order chi connectivity index (χ1) is 11.6. The first kappa shape index (κ1) is 17.0.